The van der Waals surface area contributed by atoms with Crippen LogP contribution in [0.1, 0.15) is 374 Å². The molecule has 0 radical (unpaired) electrons. The van der Waals surface area contributed by atoms with E-state index in [4.69, 9.17) is 14.2 Å². The van der Waals surface area contributed by atoms with E-state index in [-0.39, 0.29) is 31.1 Å². The Labute approximate surface area is 474 Å². The highest BCUT2D eigenvalue weighted by atomic mass is 16.6. The number of carbonyl (C=O) groups excluding carboxylic acids is 3. The molecule has 0 N–H and O–H groups in total. The smallest absolute Gasteiger partial charge is 0.306 e. The summed E-state index contributed by atoms with van der Waals surface area (Å²) in [5.41, 5.74) is 0. The lowest BCUT2D eigenvalue weighted by molar-refractivity contribution is -0.167. The molecule has 0 heterocycles. The van der Waals surface area contributed by atoms with Gasteiger partial charge in [0.15, 0.2) is 6.10 Å². The number of rotatable bonds is 63. The number of ether oxygens (including phenoxy) is 3. The van der Waals surface area contributed by atoms with Gasteiger partial charge >= 0.3 is 17.9 Å². The van der Waals surface area contributed by atoms with Crippen molar-refractivity contribution in [3.05, 3.63) is 36.5 Å². The van der Waals surface area contributed by atoms with Gasteiger partial charge in [-0.15, -0.1) is 0 Å². The summed E-state index contributed by atoms with van der Waals surface area (Å²) in [5.74, 6) is -0.848. The molecule has 6 nitrogen and oxygen atoms in total. The van der Waals surface area contributed by atoms with Crippen LogP contribution in [-0.4, -0.2) is 37.2 Å². The summed E-state index contributed by atoms with van der Waals surface area (Å²) >= 11 is 0. The Morgan fingerprint density at radius 3 is 0.737 bits per heavy atom. The molecule has 1 unspecified atom stereocenters. The van der Waals surface area contributed by atoms with Gasteiger partial charge < -0.3 is 14.2 Å². The summed E-state index contributed by atoms with van der Waals surface area (Å²) in [6, 6.07) is 0. The molecule has 0 saturated carbocycles. The quantitative estimate of drug-likeness (QED) is 0.0261. The predicted molar refractivity (Wildman–Crippen MR) is 330 cm³/mol. The number of hydrogen-bond donors (Lipinski definition) is 0. The van der Waals surface area contributed by atoms with E-state index in [1.165, 1.54) is 263 Å². The second-order valence-electron chi connectivity index (χ2n) is 23.1. The van der Waals surface area contributed by atoms with Gasteiger partial charge in [0.1, 0.15) is 13.2 Å². The lowest BCUT2D eigenvalue weighted by Crippen LogP contribution is -2.30. The van der Waals surface area contributed by atoms with Crippen LogP contribution in [0, 0.1) is 0 Å². The third-order valence-electron chi connectivity index (χ3n) is 15.4. The maximum absolute atomic E-state index is 12.9. The number of allylic oxidation sites excluding steroid dienone is 6. The molecule has 1 atom stereocenters. The number of esters is 3. The van der Waals surface area contributed by atoms with Gasteiger partial charge in [-0.1, -0.05) is 333 Å². The van der Waals surface area contributed by atoms with Gasteiger partial charge in [-0.2, -0.15) is 0 Å². The summed E-state index contributed by atoms with van der Waals surface area (Å²) in [4.78, 5) is 38.2. The average molecular weight is 1070 g/mol. The van der Waals surface area contributed by atoms with Crippen molar-refractivity contribution in [2.45, 2.75) is 380 Å². The van der Waals surface area contributed by atoms with Crippen LogP contribution >= 0.6 is 0 Å². The molecule has 0 aliphatic heterocycles. The van der Waals surface area contributed by atoms with Crippen LogP contribution in [0.15, 0.2) is 36.5 Å². The molecule has 76 heavy (non-hydrogen) atoms. The predicted octanol–water partition coefficient (Wildman–Crippen LogP) is 23.2. The highest BCUT2D eigenvalue weighted by Gasteiger charge is 2.19. The SMILES string of the molecule is CCCCCCC/C=C\C/C=C\C/C=C\CCCCCCCCCCCCCCC(=O)OCC(COC(=O)CCCCCCCCCC)OC(=O)CCCCCCCCCCCCCCCCCCCCCCCCC. The molecule has 6 heteroatoms. The van der Waals surface area contributed by atoms with Crippen molar-refractivity contribution in [1.82, 2.24) is 0 Å². The minimum Gasteiger partial charge on any atom is -0.462 e. The summed E-state index contributed by atoms with van der Waals surface area (Å²) in [5, 5.41) is 0. The topological polar surface area (TPSA) is 78.9 Å². The van der Waals surface area contributed by atoms with Gasteiger partial charge in [-0.25, -0.2) is 0 Å². The van der Waals surface area contributed by atoms with Crippen molar-refractivity contribution in [2.75, 3.05) is 13.2 Å². The minimum absolute atomic E-state index is 0.0673. The summed E-state index contributed by atoms with van der Waals surface area (Å²) in [7, 11) is 0. The van der Waals surface area contributed by atoms with Gasteiger partial charge in [0.2, 0.25) is 0 Å². The lowest BCUT2D eigenvalue weighted by atomic mass is 10.0. The number of hydrogen-bond acceptors (Lipinski definition) is 6. The molecule has 446 valence electrons. The van der Waals surface area contributed by atoms with E-state index in [9.17, 15) is 14.4 Å². The van der Waals surface area contributed by atoms with E-state index in [1.54, 1.807) is 0 Å². The standard InChI is InChI=1S/C70H130O6/c1-4-7-10-13-16-19-21-23-25-27-29-31-33-34-35-36-38-39-41-43-45-47-49-51-54-57-60-63-69(72)75-66-67(65-74-68(71)62-59-56-53-18-15-12-9-6-3)76-70(73)64-61-58-55-52-50-48-46-44-42-40-37-32-30-28-26-24-22-20-17-14-11-8-5-2/h21,23,27,29,33-34,67H,4-20,22,24-26,28,30-32,35-66H2,1-3H3/b23-21-,29-27-,34-33-. The van der Waals surface area contributed by atoms with Crippen molar-refractivity contribution in [3.63, 3.8) is 0 Å². The molecule has 0 amide bonds. The molecule has 0 aliphatic rings. The molecule has 0 saturated heterocycles. The first-order chi connectivity index (χ1) is 37.5. The first-order valence-corrected chi connectivity index (χ1v) is 34.0. The zero-order valence-corrected chi connectivity index (χ0v) is 51.3. The number of unbranched alkanes of at least 4 members (excludes halogenated alkanes) is 46. The van der Waals surface area contributed by atoms with E-state index < -0.39 is 6.10 Å². The van der Waals surface area contributed by atoms with Gasteiger partial charge in [0.25, 0.3) is 0 Å². The van der Waals surface area contributed by atoms with Crippen molar-refractivity contribution < 1.29 is 28.6 Å². The highest BCUT2D eigenvalue weighted by Crippen LogP contribution is 2.18. The van der Waals surface area contributed by atoms with Crippen LogP contribution in [-0.2, 0) is 28.6 Å². The molecule has 0 rings (SSSR count). The zero-order chi connectivity index (χ0) is 55.0. The molecule has 0 aromatic heterocycles. The molecule has 0 aromatic carbocycles. The monoisotopic (exact) mass is 1070 g/mol. The third-order valence-corrected chi connectivity index (χ3v) is 15.4. The van der Waals surface area contributed by atoms with Crippen LogP contribution < -0.4 is 0 Å². The summed E-state index contributed by atoms with van der Waals surface area (Å²) < 4.78 is 16.9. The fourth-order valence-electron chi connectivity index (χ4n) is 10.3. The Morgan fingerprint density at radius 1 is 0.263 bits per heavy atom. The molecule has 0 aromatic rings. The highest BCUT2D eigenvalue weighted by molar-refractivity contribution is 5.71. The van der Waals surface area contributed by atoms with Crippen molar-refractivity contribution in [1.29, 1.82) is 0 Å². The van der Waals surface area contributed by atoms with Crippen LogP contribution in [0.2, 0.25) is 0 Å². The van der Waals surface area contributed by atoms with Crippen molar-refractivity contribution in [3.8, 4) is 0 Å². The van der Waals surface area contributed by atoms with Gasteiger partial charge in [0.05, 0.1) is 0 Å². The second-order valence-corrected chi connectivity index (χ2v) is 23.1. The zero-order valence-electron chi connectivity index (χ0n) is 51.3. The maximum atomic E-state index is 12.9. The molecular weight excluding hydrogens is 937 g/mol. The van der Waals surface area contributed by atoms with E-state index in [0.29, 0.717) is 19.3 Å². The van der Waals surface area contributed by atoms with Gasteiger partial charge in [-0.3, -0.25) is 14.4 Å². The molecular formula is C70H130O6. The summed E-state index contributed by atoms with van der Waals surface area (Å²) in [6.45, 7) is 6.66. The Balaban J connectivity index is 4.10. The molecule has 0 fully saturated rings. The maximum Gasteiger partial charge on any atom is 0.306 e. The van der Waals surface area contributed by atoms with Gasteiger partial charge in [0, 0.05) is 19.3 Å². The van der Waals surface area contributed by atoms with E-state index in [1.807, 2.05) is 0 Å². The van der Waals surface area contributed by atoms with E-state index in [2.05, 4.69) is 57.2 Å². The van der Waals surface area contributed by atoms with E-state index in [0.717, 1.165) is 70.6 Å². The summed E-state index contributed by atoms with van der Waals surface area (Å²) in [6.07, 6.45) is 80.4. The average Bonchev–Trinajstić information content (AvgIpc) is 3.42. The van der Waals surface area contributed by atoms with Crippen LogP contribution in [0.4, 0.5) is 0 Å². The largest absolute Gasteiger partial charge is 0.462 e. The third kappa shape index (κ3) is 62.5. The Hall–Kier alpha value is -2.37. The lowest BCUT2D eigenvalue weighted by Gasteiger charge is -2.18. The molecule has 0 aliphatic carbocycles. The van der Waals surface area contributed by atoms with E-state index >= 15 is 0 Å². The van der Waals surface area contributed by atoms with Crippen LogP contribution in [0.3, 0.4) is 0 Å². The number of carbonyl (C=O) groups is 3. The Kier molecular flexibility index (Phi) is 63.1. The normalized spacial score (nSPS) is 12.2. The Bertz CT molecular complexity index is 1270. The Morgan fingerprint density at radius 2 is 0.474 bits per heavy atom. The van der Waals surface area contributed by atoms with Crippen LogP contribution in [0.5, 0.6) is 0 Å². The van der Waals surface area contributed by atoms with Crippen molar-refractivity contribution >= 4 is 17.9 Å². The molecule has 0 bridgehead atoms. The van der Waals surface area contributed by atoms with Crippen LogP contribution in [0.25, 0.3) is 0 Å². The minimum atomic E-state index is -0.768. The fraction of sp³-hybridized carbons (Fsp3) is 0.871. The first kappa shape index (κ1) is 73.6. The van der Waals surface area contributed by atoms with Crippen molar-refractivity contribution in [2.24, 2.45) is 0 Å². The first-order valence-electron chi connectivity index (χ1n) is 34.0. The van der Waals surface area contributed by atoms with Gasteiger partial charge in [-0.05, 0) is 57.8 Å². The second kappa shape index (κ2) is 65.2. The fourth-order valence-corrected chi connectivity index (χ4v) is 10.3. The molecule has 0 spiro atoms.